The number of amides is 2. The van der Waals surface area contributed by atoms with Gasteiger partial charge in [-0.05, 0) is 77.7 Å². The van der Waals surface area contributed by atoms with Gasteiger partial charge in [0, 0.05) is 16.5 Å². The summed E-state index contributed by atoms with van der Waals surface area (Å²) in [7, 11) is 0. The van der Waals surface area contributed by atoms with E-state index in [-0.39, 0.29) is 5.70 Å². The van der Waals surface area contributed by atoms with E-state index in [1.165, 1.54) is 36.0 Å². The van der Waals surface area contributed by atoms with Gasteiger partial charge in [0.05, 0.1) is 12.5 Å². The fourth-order valence-corrected chi connectivity index (χ4v) is 3.65. The first-order chi connectivity index (χ1) is 18.1. The third-order valence-corrected chi connectivity index (χ3v) is 5.58. The number of esters is 1. The molecule has 0 aliphatic rings. The second-order valence-electron chi connectivity index (χ2n) is 7.43. The highest BCUT2D eigenvalue weighted by atomic mass is 32.1. The van der Waals surface area contributed by atoms with E-state index in [1.54, 1.807) is 72.8 Å². The van der Waals surface area contributed by atoms with Crippen LogP contribution in [0.1, 0.15) is 26.6 Å². The SMILES string of the molecule is O=C(/C=C\c1ccco1)Oc1ccc(C=NNC(=O)/C(=C\c2cccs2)NC(=O)c2ccccc2)cc1. The predicted molar refractivity (Wildman–Crippen MR) is 142 cm³/mol. The molecule has 0 saturated carbocycles. The minimum atomic E-state index is -0.581. The Morgan fingerprint density at radius 3 is 2.43 bits per heavy atom. The fourth-order valence-electron chi connectivity index (χ4n) is 2.99. The Balaban J connectivity index is 1.35. The maximum Gasteiger partial charge on any atom is 0.336 e. The molecule has 0 radical (unpaired) electrons. The van der Waals surface area contributed by atoms with Crippen molar-refractivity contribution in [3.8, 4) is 5.75 Å². The highest BCUT2D eigenvalue weighted by molar-refractivity contribution is 7.10. The number of benzene rings is 2. The van der Waals surface area contributed by atoms with Crippen LogP contribution in [0.3, 0.4) is 0 Å². The van der Waals surface area contributed by atoms with Crippen molar-refractivity contribution in [2.45, 2.75) is 0 Å². The van der Waals surface area contributed by atoms with Crippen molar-refractivity contribution in [1.29, 1.82) is 0 Å². The summed E-state index contributed by atoms with van der Waals surface area (Å²) in [5, 5.41) is 8.50. The van der Waals surface area contributed by atoms with Crippen LogP contribution in [0.2, 0.25) is 0 Å². The van der Waals surface area contributed by atoms with Crippen molar-refractivity contribution in [3.63, 3.8) is 0 Å². The van der Waals surface area contributed by atoms with Crippen LogP contribution in [0.5, 0.6) is 5.75 Å². The second-order valence-corrected chi connectivity index (χ2v) is 8.41. The molecular weight excluding hydrogens is 490 g/mol. The Morgan fingerprint density at radius 2 is 1.73 bits per heavy atom. The first kappa shape index (κ1) is 25.1. The van der Waals surface area contributed by atoms with Crippen molar-refractivity contribution >= 4 is 47.5 Å². The van der Waals surface area contributed by atoms with Gasteiger partial charge in [0.2, 0.25) is 0 Å². The minimum absolute atomic E-state index is 0.0540. The van der Waals surface area contributed by atoms with Crippen molar-refractivity contribution in [2.75, 3.05) is 0 Å². The Morgan fingerprint density at radius 1 is 0.919 bits per heavy atom. The predicted octanol–water partition coefficient (Wildman–Crippen LogP) is 4.88. The normalized spacial score (nSPS) is 11.5. The number of furan rings is 1. The number of hydrazone groups is 1. The van der Waals surface area contributed by atoms with Gasteiger partial charge in [0.1, 0.15) is 17.2 Å². The van der Waals surface area contributed by atoms with E-state index in [4.69, 9.17) is 9.15 Å². The Hall–Kier alpha value is -5.02. The lowest BCUT2D eigenvalue weighted by molar-refractivity contribution is -0.128. The molecule has 2 aromatic heterocycles. The highest BCUT2D eigenvalue weighted by Crippen LogP contribution is 2.14. The number of hydrogen-bond acceptors (Lipinski definition) is 7. The van der Waals surface area contributed by atoms with Gasteiger partial charge in [-0.15, -0.1) is 11.3 Å². The van der Waals surface area contributed by atoms with Gasteiger partial charge in [-0.25, -0.2) is 10.2 Å². The van der Waals surface area contributed by atoms with Crippen LogP contribution in [-0.4, -0.2) is 24.0 Å². The van der Waals surface area contributed by atoms with Crippen molar-refractivity contribution in [2.24, 2.45) is 5.10 Å². The number of ether oxygens (including phenoxy) is 1. The first-order valence-electron chi connectivity index (χ1n) is 11.1. The molecule has 37 heavy (non-hydrogen) atoms. The van der Waals surface area contributed by atoms with E-state index in [1.807, 2.05) is 17.5 Å². The summed E-state index contributed by atoms with van der Waals surface area (Å²) in [6, 6.07) is 22.3. The summed E-state index contributed by atoms with van der Waals surface area (Å²) in [5.41, 5.74) is 3.56. The fraction of sp³-hybridized carbons (Fsp3) is 0. The Kier molecular flexibility index (Phi) is 8.55. The van der Waals surface area contributed by atoms with Crippen molar-refractivity contribution in [1.82, 2.24) is 10.7 Å². The molecule has 2 amide bonds. The van der Waals surface area contributed by atoms with E-state index in [2.05, 4.69) is 15.8 Å². The molecule has 0 aliphatic heterocycles. The van der Waals surface area contributed by atoms with E-state index in [0.29, 0.717) is 22.6 Å². The van der Waals surface area contributed by atoms with Crippen molar-refractivity contribution in [3.05, 3.63) is 124 Å². The zero-order valence-corrected chi connectivity index (χ0v) is 20.2. The lowest BCUT2D eigenvalue weighted by Crippen LogP contribution is -2.32. The van der Waals surface area contributed by atoms with E-state index < -0.39 is 17.8 Å². The van der Waals surface area contributed by atoms with Crippen LogP contribution in [0.15, 0.2) is 112 Å². The smallest absolute Gasteiger partial charge is 0.336 e. The summed E-state index contributed by atoms with van der Waals surface area (Å²) in [6.07, 6.45) is 7.30. The van der Waals surface area contributed by atoms with Crippen LogP contribution >= 0.6 is 11.3 Å². The van der Waals surface area contributed by atoms with E-state index in [0.717, 1.165) is 4.88 Å². The van der Waals surface area contributed by atoms with Gasteiger partial charge < -0.3 is 14.5 Å². The number of hydrogen-bond donors (Lipinski definition) is 2. The van der Waals surface area contributed by atoms with Gasteiger partial charge in [-0.3, -0.25) is 9.59 Å². The molecule has 0 bridgehead atoms. The number of thiophene rings is 1. The summed E-state index contributed by atoms with van der Waals surface area (Å²) >= 11 is 1.43. The average Bonchev–Trinajstić information content (AvgIpc) is 3.63. The maximum absolute atomic E-state index is 12.8. The molecule has 4 aromatic rings. The molecular formula is C28H21N3O5S. The molecule has 2 aromatic carbocycles. The summed E-state index contributed by atoms with van der Waals surface area (Å²) in [5.74, 6) is -0.652. The second kappa shape index (κ2) is 12.6. The third kappa shape index (κ3) is 7.74. The quantitative estimate of drug-likeness (QED) is 0.109. The summed E-state index contributed by atoms with van der Waals surface area (Å²) in [4.78, 5) is 38.1. The first-order valence-corrected chi connectivity index (χ1v) is 11.9. The molecule has 0 aliphatic carbocycles. The Labute approximate surface area is 216 Å². The van der Waals surface area contributed by atoms with E-state index >= 15 is 0 Å². The lowest BCUT2D eigenvalue weighted by Gasteiger charge is -2.08. The molecule has 9 heteroatoms. The van der Waals surface area contributed by atoms with Crippen molar-refractivity contribution < 1.29 is 23.5 Å². The lowest BCUT2D eigenvalue weighted by atomic mass is 10.2. The summed E-state index contributed by atoms with van der Waals surface area (Å²) in [6.45, 7) is 0. The van der Waals surface area contributed by atoms with Crippen LogP contribution in [0.25, 0.3) is 12.2 Å². The number of carbonyl (C=O) groups is 3. The van der Waals surface area contributed by atoms with Gasteiger partial charge >= 0.3 is 5.97 Å². The van der Waals surface area contributed by atoms with Crippen LogP contribution in [-0.2, 0) is 9.59 Å². The van der Waals surface area contributed by atoms with E-state index in [9.17, 15) is 14.4 Å². The average molecular weight is 512 g/mol. The maximum atomic E-state index is 12.8. The third-order valence-electron chi connectivity index (χ3n) is 4.76. The number of carbonyl (C=O) groups excluding carboxylic acids is 3. The number of nitrogens with zero attached hydrogens (tertiary/aromatic N) is 1. The van der Waals surface area contributed by atoms with Gasteiger partial charge in [0.15, 0.2) is 0 Å². The largest absolute Gasteiger partial charge is 0.465 e. The molecule has 8 nitrogen and oxygen atoms in total. The molecule has 0 saturated heterocycles. The summed E-state index contributed by atoms with van der Waals surface area (Å²) < 4.78 is 10.4. The molecule has 0 unspecified atom stereocenters. The van der Waals surface area contributed by atoms with Crippen LogP contribution in [0, 0.1) is 0 Å². The molecule has 184 valence electrons. The highest BCUT2D eigenvalue weighted by Gasteiger charge is 2.14. The molecule has 4 rings (SSSR count). The monoisotopic (exact) mass is 511 g/mol. The number of nitrogens with one attached hydrogen (secondary N) is 2. The zero-order chi connectivity index (χ0) is 25.9. The topological polar surface area (TPSA) is 110 Å². The standard InChI is InChI=1S/C28H21N3O5S/c32-26(15-14-22-8-4-16-35-22)36-23-12-10-20(11-13-23)19-29-31-28(34)25(18-24-9-5-17-37-24)30-27(33)21-6-2-1-3-7-21/h1-19H,(H,30,33)(H,31,34)/b15-14-,25-18+,29-19?. The number of rotatable bonds is 9. The van der Waals surface area contributed by atoms with Gasteiger partial charge in [-0.1, -0.05) is 24.3 Å². The molecule has 0 atom stereocenters. The molecule has 2 N–H and O–H groups in total. The molecule has 2 heterocycles. The zero-order valence-electron chi connectivity index (χ0n) is 19.4. The molecule has 0 fully saturated rings. The van der Waals surface area contributed by atoms with Gasteiger partial charge in [0.25, 0.3) is 11.8 Å². The van der Waals surface area contributed by atoms with Crippen LogP contribution in [0.4, 0.5) is 0 Å². The Bertz CT molecular complexity index is 1420. The molecule has 0 spiro atoms. The minimum Gasteiger partial charge on any atom is -0.465 e. The van der Waals surface area contributed by atoms with Crippen LogP contribution < -0.4 is 15.5 Å². The van der Waals surface area contributed by atoms with Gasteiger partial charge in [-0.2, -0.15) is 5.10 Å².